The topological polar surface area (TPSA) is 39.2 Å². The van der Waals surface area contributed by atoms with E-state index >= 15 is 0 Å². The molecule has 0 fully saturated rings. The predicted molar refractivity (Wildman–Crippen MR) is 88.8 cm³/mol. The summed E-state index contributed by atoms with van der Waals surface area (Å²) in [5.41, 5.74) is 9.35. The minimum Gasteiger partial charge on any atom is -0.459 e. The van der Waals surface area contributed by atoms with Gasteiger partial charge in [-0.25, -0.2) is 0 Å². The molecule has 4 heteroatoms. The molecule has 102 valence electrons. The number of hydrogen-bond acceptors (Lipinski definition) is 2. The fourth-order valence-electron chi connectivity index (χ4n) is 2.37. The van der Waals surface area contributed by atoms with Crippen LogP contribution in [0.1, 0.15) is 22.9 Å². The Labute approximate surface area is 134 Å². The van der Waals surface area contributed by atoms with Crippen molar-refractivity contribution in [2.24, 2.45) is 5.73 Å². The third-order valence-corrected chi connectivity index (χ3v) is 4.41. The van der Waals surface area contributed by atoms with Crippen molar-refractivity contribution in [3.8, 4) is 0 Å². The number of nitrogens with two attached hydrogens (primary N) is 1. The van der Waals surface area contributed by atoms with Crippen molar-refractivity contribution in [2.45, 2.75) is 13.0 Å². The minimum atomic E-state index is -0.265. The van der Waals surface area contributed by atoms with E-state index in [-0.39, 0.29) is 6.04 Å². The third kappa shape index (κ3) is 2.43. The van der Waals surface area contributed by atoms with Gasteiger partial charge < -0.3 is 10.2 Å². The van der Waals surface area contributed by atoms with Crippen LogP contribution in [-0.2, 0) is 0 Å². The van der Waals surface area contributed by atoms with Crippen molar-refractivity contribution >= 4 is 42.8 Å². The van der Waals surface area contributed by atoms with Crippen molar-refractivity contribution in [3.63, 3.8) is 0 Å². The maximum absolute atomic E-state index is 6.36. The Morgan fingerprint density at radius 3 is 2.55 bits per heavy atom. The number of aryl methyl sites for hydroxylation is 1. The summed E-state index contributed by atoms with van der Waals surface area (Å²) in [5, 5.41) is 1.11. The van der Waals surface area contributed by atoms with Gasteiger partial charge in [0, 0.05) is 19.9 Å². The van der Waals surface area contributed by atoms with Gasteiger partial charge in [0.25, 0.3) is 0 Å². The van der Waals surface area contributed by atoms with Crippen LogP contribution in [0.25, 0.3) is 11.0 Å². The van der Waals surface area contributed by atoms with Gasteiger partial charge in [0.2, 0.25) is 0 Å². The van der Waals surface area contributed by atoms with Crippen LogP contribution in [0.4, 0.5) is 0 Å². The quantitative estimate of drug-likeness (QED) is 0.639. The van der Waals surface area contributed by atoms with Crippen LogP contribution >= 0.6 is 31.9 Å². The number of halogens is 2. The Kier molecular flexibility index (Phi) is 3.71. The maximum Gasteiger partial charge on any atom is 0.135 e. The number of benzene rings is 2. The molecule has 0 saturated heterocycles. The van der Waals surface area contributed by atoms with E-state index in [0.29, 0.717) is 0 Å². The highest BCUT2D eigenvalue weighted by atomic mass is 79.9. The van der Waals surface area contributed by atoms with Crippen LogP contribution in [0.2, 0.25) is 0 Å². The van der Waals surface area contributed by atoms with Crippen molar-refractivity contribution in [1.29, 1.82) is 0 Å². The fourth-order valence-corrected chi connectivity index (χ4v) is 3.12. The molecular weight excluding hydrogens is 382 g/mol. The molecule has 3 aromatic rings. The van der Waals surface area contributed by atoms with Crippen LogP contribution in [0.15, 0.2) is 55.8 Å². The lowest BCUT2D eigenvalue weighted by Gasteiger charge is -2.10. The minimum absolute atomic E-state index is 0.265. The first-order valence-corrected chi connectivity index (χ1v) is 7.84. The van der Waals surface area contributed by atoms with Gasteiger partial charge in [-0.15, -0.1) is 0 Å². The Balaban J connectivity index is 2.12. The van der Waals surface area contributed by atoms with E-state index in [0.717, 1.165) is 36.8 Å². The van der Waals surface area contributed by atoms with Gasteiger partial charge in [-0.2, -0.15) is 0 Å². The van der Waals surface area contributed by atoms with Gasteiger partial charge in [-0.05, 0) is 42.8 Å². The molecule has 0 bridgehead atoms. The van der Waals surface area contributed by atoms with Crippen molar-refractivity contribution < 1.29 is 4.42 Å². The molecule has 0 spiro atoms. The number of rotatable bonds is 2. The van der Waals surface area contributed by atoms with Crippen LogP contribution in [0.3, 0.4) is 0 Å². The van der Waals surface area contributed by atoms with Gasteiger partial charge in [0.05, 0.1) is 6.04 Å². The zero-order valence-corrected chi connectivity index (χ0v) is 14.0. The predicted octanol–water partition coefficient (Wildman–Crippen LogP) is 5.31. The van der Waals surface area contributed by atoms with E-state index in [1.165, 1.54) is 0 Å². The molecule has 1 unspecified atom stereocenters. The number of hydrogen-bond donors (Lipinski definition) is 1. The second-order valence-corrected chi connectivity index (χ2v) is 6.60. The van der Waals surface area contributed by atoms with E-state index in [4.69, 9.17) is 10.2 Å². The van der Waals surface area contributed by atoms with Gasteiger partial charge in [0.15, 0.2) is 0 Å². The average Bonchev–Trinajstić information content (AvgIpc) is 2.74. The van der Waals surface area contributed by atoms with E-state index in [9.17, 15) is 0 Å². The van der Waals surface area contributed by atoms with Gasteiger partial charge in [-0.1, -0.05) is 44.0 Å². The highest BCUT2D eigenvalue weighted by Gasteiger charge is 2.18. The lowest BCUT2D eigenvalue weighted by molar-refractivity contribution is 0.521. The molecule has 2 N–H and O–H groups in total. The third-order valence-electron chi connectivity index (χ3n) is 3.43. The van der Waals surface area contributed by atoms with Crippen LogP contribution in [0, 0.1) is 6.92 Å². The summed E-state index contributed by atoms with van der Waals surface area (Å²) < 4.78 is 7.98. The van der Waals surface area contributed by atoms with E-state index < -0.39 is 0 Å². The molecule has 1 heterocycles. The molecule has 3 rings (SSSR count). The summed E-state index contributed by atoms with van der Waals surface area (Å²) in [7, 11) is 0. The van der Waals surface area contributed by atoms with Crippen LogP contribution < -0.4 is 5.73 Å². The highest BCUT2D eigenvalue weighted by molar-refractivity contribution is 9.10. The summed E-state index contributed by atoms with van der Waals surface area (Å²) in [6, 6.07) is 13.8. The molecule has 0 amide bonds. The van der Waals surface area contributed by atoms with E-state index in [2.05, 4.69) is 37.9 Å². The van der Waals surface area contributed by atoms with Crippen LogP contribution in [-0.4, -0.2) is 0 Å². The number of furan rings is 1. The Hall–Kier alpha value is -1.10. The second kappa shape index (κ2) is 5.35. The van der Waals surface area contributed by atoms with Crippen LogP contribution in [0.5, 0.6) is 0 Å². The van der Waals surface area contributed by atoms with Gasteiger partial charge >= 0.3 is 0 Å². The standard InChI is InChI=1S/C16H13Br2NO/c1-9-13-6-5-12(18)8-14(13)20-16(9)15(19)10-3-2-4-11(17)7-10/h2-8,15H,19H2,1H3. The molecular formula is C16H13Br2NO. The van der Waals surface area contributed by atoms with Crippen molar-refractivity contribution in [2.75, 3.05) is 0 Å². The Morgan fingerprint density at radius 1 is 1.05 bits per heavy atom. The van der Waals surface area contributed by atoms with E-state index in [1.807, 2.05) is 43.3 Å². The van der Waals surface area contributed by atoms with E-state index in [1.54, 1.807) is 0 Å². The fraction of sp³-hybridized carbons (Fsp3) is 0.125. The SMILES string of the molecule is Cc1c(C(N)c2cccc(Br)c2)oc2cc(Br)ccc12. The van der Waals surface area contributed by atoms with Crippen molar-refractivity contribution in [3.05, 3.63) is 68.3 Å². The smallest absolute Gasteiger partial charge is 0.135 e. The van der Waals surface area contributed by atoms with Gasteiger partial charge in [-0.3, -0.25) is 0 Å². The van der Waals surface area contributed by atoms with Gasteiger partial charge in [0.1, 0.15) is 11.3 Å². The average molecular weight is 395 g/mol. The first-order chi connectivity index (χ1) is 9.56. The zero-order valence-electron chi connectivity index (χ0n) is 10.9. The monoisotopic (exact) mass is 393 g/mol. The summed E-state index contributed by atoms with van der Waals surface area (Å²) in [6.45, 7) is 2.05. The first kappa shape index (κ1) is 13.9. The number of fused-ring (bicyclic) bond motifs is 1. The molecule has 0 saturated carbocycles. The first-order valence-electron chi connectivity index (χ1n) is 6.26. The molecule has 0 aliphatic carbocycles. The summed E-state index contributed by atoms with van der Waals surface area (Å²) in [5.74, 6) is 0.816. The second-order valence-electron chi connectivity index (χ2n) is 4.76. The molecule has 20 heavy (non-hydrogen) atoms. The lowest BCUT2D eigenvalue weighted by Crippen LogP contribution is -2.11. The highest BCUT2D eigenvalue weighted by Crippen LogP contribution is 2.33. The lowest BCUT2D eigenvalue weighted by atomic mass is 10.0. The molecule has 1 atom stereocenters. The normalized spacial score (nSPS) is 12.8. The molecule has 0 aliphatic rings. The molecule has 2 nitrogen and oxygen atoms in total. The Morgan fingerprint density at radius 2 is 1.80 bits per heavy atom. The Bertz CT molecular complexity index is 779. The summed E-state index contributed by atoms with van der Waals surface area (Å²) in [6.07, 6.45) is 0. The largest absolute Gasteiger partial charge is 0.459 e. The maximum atomic E-state index is 6.36. The molecule has 0 aliphatic heterocycles. The van der Waals surface area contributed by atoms with Crippen molar-refractivity contribution in [1.82, 2.24) is 0 Å². The molecule has 1 aromatic heterocycles. The summed E-state index contributed by atoms with van der Waals surface area (Å²) >= 11 is 6.93. The zero-order chi connectivity index (χ0) is 14.3. The summed E-state index contributed by atoms with van der Waals surface area (Å²) in [4.78, 5) is 0. The molecule has 2 aromatic carbocycles. The molecule has 0 radical (unpaired) electrons.